The van der Waals surface area contributed by atoms with E-state index in [0.717, 1.165) is 13.0 Å². The number of halogens is 5. The minimum absolute atomic E-state index is 0. The highest BCUT2D eigenvalue weighted by Crippen LogP contribution is 2.26. The molecule has 1 fully saturated rings. The molecule has 0 saturated heterocycles. The van der Waals surface area contributed by atoms with E-state index in [9.17, 15) is 0 Å². The van der Waals surface area contributed by atoms with Crippen LogP contribution in [0.2, 0.25) is 0 Å². The van der Waals surface area contributed by atoms with Gasteiger partial charge in [0.1, 0.15) is 0 Å². The third-order valence-corrected chi connectivity index (χ3v) is 4.13. The molecule has 0 aromatic heterocycles. The van der Waals surface area contributed by atoms with E-state index < -0.39 is 0 Å². The Morgan fingerprint density at radius 2 is 1.54 bits per heavy atom. The number of benzene rings is 1. The fraction of sp³-hybridized carbons (Fsp3) is 0.529. The Kier molecular flexibility index (Phi) is 23.1. The molecule has 1 aromatic carbocycles. The van der Waals surface area contributed by atoms with Gasteiger partial charge in [-0.1, -0.05) is 31.0 Å². The fourth-order valence-corrected chi connectivity index (χ4v) is 2.96. The minimum atomic E-state index is 0. The number of rotatable bonds is 4. The highest BCUT2D eigenvalue weighted by atomic mass is 32.2. The van der Waals surface area contributed by atoms with Crippen LogP contribution in [0.25, 0.3) is 0 Å². The lowest BCUT2D eigenvalue weighted by Crippen LogP contribution is -2.21. The predicted molar refractivity (Wildman–Crippen MR) is 94.6 cm³/mol. The molecule has 0 heterocycles. The molecule has 0 bridgehead atoms. The van der Waals surface area contributed by atoms with Crippen molar-refractivity contribution in [1.29, 1.82) is 0 Å². The summed E-state index contributed by atoms with van der Waals surface area (Å²) >= 11 is 1.64. The fourth-order valence-electron chi connectivity index (χ4n) is 2.32. The number of ether oxygens (including phenoxy) is 1. The van der Waals surface area contributed by atoms with Gasteiger partial charge in [0.05, 0.1) is 6.10 Å². The summed E-state index contributed by atoms with van der Waals surface area (Å²) in [6.45, 7) is 3.07. The van der Waals surface area contributed by atoms with Crippen LogP contribution in [0, 0.1) is 17.1 Å². The van der Waals surface area contributed by atoms with Crippen LogP contribution in [-0.2, 0) is 4.74 Å². The van der Waals surface area contributed by atoms with Crippen LogP contribution in [-0.4, -0.2) is 12.7 Å². The molecule has 0 amide bonds. The first-order chi connectivity index (χ1) is 9.38. The first kappa shape index (κ1) is 30.6. The molecule has 1 aromatic rings. The van der Waals surface area contributed by atoms with Crippen LogP contribution in [0.3, 0.4) is 0 Å². The molecule has 1 aliphatic rings. The SMILES string of the molecule is CCCOC1CCC(C#CSc2ccccc2)CC1.F.F.F.F.F. The zero-order chi connectivity index (χ0) is 13.3. The third-order valence-electron chi connectivity index (χ3n) is 3.41. The zero-order valence-electron chi connectivity index (χ0n) is 13.6. The van der Waals surface area contributed by atoms with Gasteiger partial charge >= 0.3 is 0 Å². The largest absolute Gasteiger partial charge is 0.378 e. The second kappa shape index (κ2) is 18.1. The molecule has 0 unspecified atom stereocenters. The van der Waals surface area contributed by atoms with Crippen molar-refractivity contribution in [2.45, 2.75) is 50.0 Å². The second-order valence-electron chi connectivity index (χ2n) is 5.01. The molecular formula is C17H27F5OS. The lowest BCUT2D eigenvalue weighted by Gasteiger charge is -2.25. The van der Waals surface area contributed by atoms with Gasteiger partial charge in [-0.3, -0.25) is 23.5 Å². The van der Waals surface area contributed by atoms with E-state index in [-0.39, 0.29) is 23.5 Å². The van der Waals surface area contributed by atoms with Gasteiger partial charge in [-0.05, 0) is 61.3 Å². The van der Waals surface area contributed by atoms with Crippen LogP contribution in [0.5, 0.6) is 0 Å². The monoisotopic (exact) mass is 374 g/mol. The van der Waals surface area contributed by atoms with Crippen LogP contribution < -0.4 is 0 Å². The minimum Gasteiger partial charge on any atom is -0.378 e. The standard InChI is InChI=1S/C17H22OS.5FH/c1-2-13-18-16-10-8-15(9-11-16)12-14-19-17-6-4-3-5-7-17;;;;;/h3-7,15-16H,2,8-11,13H2,1H3;5*1H. The van der Waals surface area contributed by atoms with Crippen molar-refractivity contribution in [2.75, 3.05) is 6.61 Å². The molecule has 1 nitrogen and oxygen atoms in total. The van der Waals surface area contributed by atoms with Crippen molar-refractivity contribution >= 4 is 11.8 Å². The van der Waals surface area contributed by atoms with Crippen molar-refractivity contribution in [3.63, 3.8) is 0 Å². The maximum absolute atomic E-state index is 5.80. The average molecular weight is 374 g/mol. The molecule has 0 aliphatic heterocycles. The topological polar surface area (TPSA) is 9.23 Å². The third kappa shape index (κ3) is 11.3. The zero-order valence-corrected chi connectivity index (χ0v) is 14.5. The molecule has 0 spiro atoms. The molecule has 7 heteroatoms. The lowest BCUT2D eigenvalue weighted by atomic mass is 9.88. The molecule has 1 aliphatic carbocycles. The van der Waals surface area contributed by atoms with E-state index in [0.29, 0.717) is 12.0 Å². The normalized spacial score (nSPS) is 17.9. The molecule has 24 heavy (non-hydrogen) atoms. The summed E-state index contributed by atoms with van der Waals surface area (Å²) in [5.74, 6) is 3.97. The van der Waals surface area contributed by atoms with Gasteiger partial charge in [-0.15, -0.1) is 0 Å². The Morgan fingerprint density at radius 3 is 2.08 bits per heavy atom. The first-order valence-electron chi connectivity index (χ1n) is 7.22. The summed E-state index contributed by atoms with van der Waals surface area (Å²) in [5.41, 5.74) is 0. The van der Waals surface area contributed by atoms with Gasteiger partial charge < -0.3 is 4.74 Å². The molecule has 0 radical (unpaired) electrons. The van der Waals surface area contributed by atoms with Crippen LogP contribution in [0.1, 0.15) is 39.0 Å². The van der Waals surface area contributed by atoms with E-state index in [2.05, 4.69) is 42.4 Å². The Labute approximate surface area is 144 Å². The maximum atomic E-state index is 5.80. The predicted octanol–water partition coefficient (Wildman–Crippen LogP) is 5.49. The van der Waals surface area contributed by atoms with Gasteiger partial charge in [0.2, 0.25) is 0 Å². The van der Waals surface area contributed by atoms with E-state index in [1.807, 2.05) is 6.07 Å². The quantitative estimate of drug-likeness (QED) is 0.392. The lowest BCUT2D eigenvalue weighted by molar-refractivity contribution is 0.0234. The summed E-state index contributed by atoms with van der Waals surface area (Å²) in [7, 11) is 0. The van der Waals surface area contributed by atoms with Gasteiger partial charge in [0.25, 0.3) is 0 Å². The number of hydrogen-bond donors (Lipinski definition) is 0. The van der Waals surface area contributed by atoms with Crippen molar-refractivity contribution in [1.82, 2.24) is 0 Å². The molecular weight excluding hydrogens is 347 g/mol. The second-order valence-corrected chi connectivity index (χ2v) is 5.89. The van der Waals surface area contributed by atoms with E-state index in [1.165, 1.54) is 30.6 Å². The van der Waals surface area contributed by atoms with Crippen molar-refractivity contribution in [3.8, 4) is 11.2 Å². The van der Waals surface area contributed by atoms with E-state index >= 15 is 0 Å². The van der Waals surface area contributed by atoms with E-state index in [1.54, 1.807) is 11.8 Å². The van der Waals surface area contributed by atoms with Crippen molar-refractivity contribution in [3.05, 3.63) is 30.3 Å². The van der Waals surface area contributed by atoms with Gasteiger partial charge in [-0.25, -0.2) is 0 Å². The molecule has 2 rings (SSSR count). The van der Waals surface area contributed by atoms with Crippen LogP contribution in [0.15, 0.2) is 35.2 Å². The Bertz CT molecular complexity index is 428. The van der Waals surface area contributed by atoms with Gasteiger partial charge in [0, 0.05) is 17.4 Å². The summed E-state index contributed by atoms with van der Waals surface area (Å²) in [5, 5.41) is 3.26. The average Bonchev–Trinajstić information content (AvgIpc) is 2.47. The molecule has 1 saturated carbocycles. The highest BCUT2D eigenvalue weighted by Gasteiger charge is 2.19. The number of thioether (sulfide) groups is 1. The summed E-state index contributed by atoms with van der Waals surface area (Å²) in [6.07, 6.45) is 6.34. The maximum Gasteiger partial charge on any atom is 0.0576 e. The summed E-state index contributed by atoms with van der Waals surface area (Å²) in [6, 6.07) is 10.4. The van der Waals surface area contributed by atoms with E-state index in [4.69, 9.17) is 4.74 Å². The Morgan fingerprint density at radius 1 is 0.958 bits per heavy atom. The first-order valence-corrected chi connectivity index (χ1v) is 8.04. The smallest absolute Gasteiger partial charge is 0.0576 e. The van der Waals surface area contributed by atoms with Gasteiger partial charge in [0.15, 0.2) is 0 Å². The highest BCUT2D eigenvalue weighted by molar-refractivity contribution is 8.03. The van der Waals surface area contributed by atoms with Crippen molar-refractivity contribution in [2.24, 2.45) is 5.92 Å². The van der Waals surface area contributed by atoms with Gasteiger partial charge in [-0.2, -0.15) is 0 Å². The molecule has 142 valence electrons. The summed E-state index contributed by atoms with van der Waals surface area (Å²) < 4.78 is 5.80. The Hall–Kier alpha value is -1.26. The number of hydrogen-bond acceptors (Lipinski definition) is 2. The van der Waals surface area contributed by atoms with Crippen LogP contribution in [0.4, 0.5) is 23.5 Å². The summed E-state index contributed by atoms with van der Waals surface area (Å²) in [4.78, 5) is 1.23. The van der Waals surface area contributed by atoms with Crippen LogP contribution >= 0.6 is 11.8 Å². The molecule has 0 N–H and O–H groups in total. The molecule has 0 atom stereocenters. The Balaban J connectivity index is -0.000000400. The van der Waals surface area contributed by atoms with Crippen molar-refractivity contribution < 1.29 is 28.3 Å².